The Balaban J connectivity index is 1.75. The first kappa shape index (κ1) is 18.7. The van der Waals surface area contributed by atoms with Gasteiger partial charge in [-0.15, -0.1) is 0 Å². The number of fused-ring (bicyclic) bond motifs is 2. The molecule has 0 aliphatic heterocycles. The van der Waals surface area contributed by atoms with E-state index < -0.39 is 11.7 Å². The van der Waals surface area contributed by atoms with E-state index >= 15 is 0 Å². The molecule has 2 aromatic heterocycles. The average Bonchev–Trinajstić information content (AvgIpc) is 2.98. The van der Waals surface area contributed by atoms with E-state index in [1.807, 2.05) is 0 Å². The lowest BCUT2D eigenvalue weighted by molar-refractivity contribution is -0.00210. The molecule has 0 radical (unpaired) electrons. The number of nitrogens with zero attached hydrogens (tertiary/aromatic N) is 3. The molecule has 146 valence electrons. The second-order valence-corrected chi connectivity index (χ2v) is 7.23. The van der Waals surface area contributed by atoms with Crippen LogP contribution in [-0.2, 0) is 18.9 Å². The van der Waals surface area contributed by atoms with Crippen molar-refractivity contribution in [1.82, 2.24) is 14.5 Å². The van der Waals surface area contributed by atoms with Crippen molar-refractivity contribution in [3.05, 3.63) is 58.0 Å². The van der Waals surface area contributed by atoms with Gasteiger partial charge in [0.25, 0.3) is 11.5 Å². The first-order valence-corrected chi connectivity index (χ1v) is 9.47. The van der Waals surface area contributed by atoms with Crippen molar-refractivity contribution in [2.45, 2.75) is 51.5 Å². The van der Waals surface area contributed by atoms with Crippen molar-refractivity contribution in [1.29, 1.82) is 0 Å². The lowest BCUT2D eigenvalue weighted by Crippen LogP contribution is -2.21. The van der Waals surface area contributed by atoms with Crippen LogP contribution in [-0.4, -0.2) is 14.5 Å². The number of alkyl halides is 2. The molecule has 1 aliphatic rings. The summed E-state index contributed by atoms with van der Waals surface area (Å²) < 4.78 is 43.8. The number of pyridine rings is 1. The van der Waals surface area contributed by atoms with Gasteiger partial charge in [-0.05, 0) is 36.6 Å². The third-order valence-corrected chi connectivity index (χ3v) is 5.28. The number of aromatic nitrogens is 3. The number of benzene rings is 1. The van der Waals surface area contributed by atoms with Crippen LogP contribution in [0.5, 0.6) is 0 Å². The van der Waals surface area contributed by atoms with Crippen LogP contribution in [0.2, 0.25) is 0 Å². The molecule has 0 saturated carbocycles. The molecule has 0 atom stereocenters. The molecule has 0 fully saturated rings. The van der Waals surface area contributed by atoms with Crippen LogP contribution < -0.4 is 5.56 Å². The van der Waals surface area contributed by atoms with Crippen molar-refractivity contribution in [2.24, 2.45) is 0 Å². The van der Waals surface area contributed by atoms with E-state index in [1.165, 1.54) is 29.1 Å². The van der Waals surface area contributed by atoms with Gasteiger partial charge < -0.3 is 0 Å². The summed E-state index contributed by atoms with van der Waals surface area (Å²) in [6.07, 6.45) is 5.46. The number of hydrogen-bond acceptors (Lipinski definition) is 3. The van der Waals surface area contributed by atoms with Gasteiger partial charge in [0.1, 0.15) is 5.82 Å². The molecule has 2 heterocycles. The molecule has 0 saturated heterocycles. The van der Waals surface area contributed by atoms with E-state index in [-0.39, 0.29) is 40.6 Å². The minimum Gasteiger partial charge on any atom is -0.299 e. The highest BCUT2D eigenvalue weighted by molar-refractivity contribution is 5.83. The molecule has 4 rings (SSSR count). The Kier molecular flexibility index (Phi) is 4.69. The molecular formula is C21H20F3N3O. The van der Waals surface area contributed by atoms with E-state index in [1.54, 1.807) is 0 Å². The third kappa shape index (κ3) is 3.19. The summed E-state index contributed by atoms with van der Waals surface area (Å²) in [6, 6.07) is 4.14. The van der Waals surface area contributed by atoms with Crippen LogP contribution in [0.1, 0.15) is 43.7 Å². The van der Waals surface area contributed by atoms with Crippen LogP contribution in [0.4, 0.5) is 13.2 Å². The number of hydrogen-bond donors (Lipinski definition) is 0. The van der Waals surface area contributed by atoms with E-state index in [0.29, 0.717) is 17.6 Å². The monoisotopic (exact) mass is 387 g/mol. The zero-order valence-corrected chi connectivity index (χ0v) is 15.5. The lowest BCUT2D eigenvalue weighted by Gasteiger charge is -2.11. The molecule has 7 heteroatoms. The summed E-state index contributed by atoms with van der Waals surface area (Å²) >= 11 is 0. The Bertz CT molecular complexity index is 1110. The fourth-order valence-corrected chi connectivity index (χ4v) is 3.67. The van der Waals surface area contributed by atoms with E-state index in [4.69, 9.17) is 0 Å². The van der Waals surface area contributed by atoms with Crippen LogP contribution in [0, 0.1) is 5.82 Å². The zero-order valence-electron chi connectivity index (χ0n) is 15.5. The van der Waals surface area contributed by atoms with Gasteiger partial charge >= 0.3 is 0 Å². The quantitative estimate of drug-likeness (QED) is 0.590. The topological polar surface area (TPSA) is 47.8 Å². The number of rotatable bonds is 5. The van der Waals surface area contributed by atoms with Crippen LogP contribution in [0.3, 0.4) is 0 Å². The molecule has 0 bridgehead atoms. The highest BCUT2D eigenvalue weighted by Crippen LogP contribution is 2.42. The summed E-state index contributed by atoms with van der Waals surface area (Å²) in [5.41, 5.74) is 0.888. The number of aryl methyl sites for hydroxylation is 2. The third-order valence-electron chi connectivity index (χ3n) is 5.28. The van der Waals surface area contributed by atoms with Crippen LogP contribution >= 0.6 is 0 Å². The number of unbranched alkanes of at least 4 members (excludes halogenated alkanes) is 2. The van der Waals surface area contributed by atoms with Gasteiger partial charge in [-0.1, -0.05) is 19.8 Å². The van der Waals surface area contributed by atoms with Crippen molar-refractivity contribution in [3.8, 4) is 11.3 Å². The second-order valence-electron chi connectivity index (χ2n) is 7.23. The first-order valence-electron chi connectivity index (χ1n) is 9.47. The van der Waals surface area contributed by atoms with Crippen molar-refractivity contribution >= 4 is 10.9 Å². The summed E-state index contributed by atoms with van der Waals surface area (Å²) in [6.45, 7) is 2.62. The molecule has 0 unspecified atom stereocenters. The van der Waals surface area contributed by atoms with Crippen molar-refractivity contribution in [3.63, 3.8) is 0 Å². The fourth-order valence-electron chi connectivity index (χ4n) is 3.67. The first-order chi connectivity index (χ1) is 13.4. The molecule has 1 aliphatic carbocycles. The molecule has 3 aromatic rings. The molecule has 1 aromatic carbocycles. The standard InChI is InChI=1S/C21H20F3N3O/c1-2-3-4-7-27-12-26-19-10-14(17(22)9-15(19)20(27)28)18-8-13-5-6-21(23,24)16(13)11-25-18/h8-12H,2-7H2,1H3. The van der Waals surface area contributed by atoms with E-state index in [9.17, 15) is 18.0 Å². The predicted octanol–water partition coefficient (Wildman–Crippen LogP) is 4.83. The van der Waals surface area contributed by atoms with Gasteiger partial charge in [0.2, 0.25) is 0 Å². The Morgan fingerprint density at radius 3 is 2.79 bits per heavy atom. The maximum Gasteiger partial charge on any atom is 0.275 e. The largest absolute Gasteiger partial charge is 0.299 e. The van der Waals surface area contributed by atoms with Crippen molar-refractivity contribution < 1.29 is 13.2 Å². The molecule has 0 N–H and O–H groups in total. The normalized spacial score (nSPS) is 15.1. The SMILES string of the molecule is CCCCCn1cnc2cc(-c3cc4c(cn3)C(F)(F)CC4)c(F)cc2c1=O. The summed E-state index contributed by atoms with van der Waals surface area (Å²) in [5, 5.41) is 0.202. The molecule has 0 spiro atoms. The van der Waals surface area contributed by atoms with Gasteiger partial charge in [-0.3, -0.25) is 14.3 Å². The van der Waals surface area contributed by atoms with E-state index in [0.717, 1.165) is 25.5 Å². The predicted molar refractivity (Wildman–Crippen MR) is 101 cm³/mol. The maximum atomic E-state index is 14.8. The Morgan fingerprint density at radius 1 is 1.18 bits per heavy atom. The van der Waals surface area contributed by atoms with Gasteiger partial charge in [0.15, 0.2) is 0 Å². The lowest BCUT2D eigenvalue weighted by atomic mass is 10.0. The minimum absolute atomic E-state index is 0.0921. The van der Waals surface area contributed by atoms with Gasteiger partial charge in [0, 0.05) is 30.3 Å². The molecule has 4 nitrogen and oxygen atoms in total. The van der Waals surface area contributed by atoms with Crippen LogP contribution in [0.15, 0.2) is 35.5 Å². The van der Waals surface area contributed by atoms with Gasteiger partial charge in [-0.2, -0.15) is 0 Å². The molecule has 28 heavy (non-hydrogen) atoms. The van der Waals surface area contributed by atoms with Crippen LogP contribution in [0.25, 0.3) is 22.2 Å². The highest BCUT2D eigenvalue weighted by atomic mass is 19.3. The highest BCUT2D eigenvalue weighted by Gasteiger charge is 2.39. The van der Waals surface area contributed by atoms with Gasteiger partial charge in [-0.25, -0.2) is 18.2 Å². The summed E-state index contributed by atoms with van der Waals surface area (Å²) in [4.78, 5) is 20.9. The Morgan fingerprint density at radius 2 is 2.00 bits per heavy atom. The summed E-state index contributed by atoms with van der Waals surface area (Å²) in [7, 11) is 0. The average molecular weight is 387 g/mol. The smallest absolute Gasteiger partial charge is 0.275 e. The molecule has 0 amide bonds. The fraction of sp³-hybridized carbons (Fsp3) is 0.381. The van der Waals surface area contributed by atoms with Crippen molar-refractivity contribution in [2.75, 3.05) is 0 Å². The Hall–Kier alpha value is -2.70. The second kappa shape index (κ2) is 7.04. The maximum absolute atomic E-state index is 14.8. The number of halogens is 3. The van der Waals surface area contributed by atoms with Gasteiger partial charge in [0.05, 0.1) is 22.9 Å². The molecular weight excluding hydrogens is 367 g/mol. The Labute approximate surface area is 160 Å². The van der Waals surface area contributed by atoms with E-state index in [2.05, 4.69) is 16.9 Å². The minimum atomic E-state index is -2.88. The zero-order chi connectivity index (χ0) is 19.9. The summed E-state index contributed by atoms with van der Waals surface area (Å²) in [5.74, 6) is -3.50.